The molecule has 0 unspecified atom stereocenters. The molecule has 0 aliphatic rings. The molecule has 5 heteroatoms. The number of fused-ring (bicyclic) bond motifs is 4. The minimum atomic E-state index is 0.167. The van der Waals surface area contributed by atoms with Crippen LogP contribution in [0.1, 0.15) is 0 Å². The van der Waals surface area contributed by atoms with Crippen molar-refractivity contribution >= 4 is 44.2 Å². The van der Waals surface area contributed by atoms with Gasteiger partial charge in [0.1, 0.15) is 16.7 Å². The van der Waals surface area contributed by atoms with E-state index in [2.05, 4.69) is 16.3 Å². The maximum atomic E-state index is 11.0. The first-order chi connectivity index (χ1) is 12.2. The zero-order valence-corrected chi connectivity index (χ0v) is 13.8. The van der Waals surface area contributed by atoms with Crippen molar-refractivity contribution in [2.45, 2.75) is 0 Å². The zero-order valence-electron chi connectivity index (χ0n) is 13.0. The molecule has 5 aromatic rings. The normalized spacial score (nSPS) is 11.6. The standard InChI is InChI=1S/C20H12ClN3O/c21-14-8-9-16-17(11-14)23-24(22-16)18-10-7-13-6-5-12-3-1-2-4-15(12)19(13)20(18)25/h1-11,25H. The fourth-order valence-electron chi connectivity index (χ4n) is 3.22. The van der Waals surface area contributed by atoms with Gasteiger partial charge in [0.15, 0.2) is 5.75 Å². The summed E-state index contributed by atoms with van der Waals surface area (Å²) in [7, 11) is 0. The minimum absolute atomic E-state index is 0.167. The lowest BCUT2D eigenvalue weighted by molar-refractivity contribution is 0.474. The molecule has 4 aromatic carbocycles. The number of halogens is 1. The smallest absolute Gasteiger partial charge is 0.151 e. The molecule has 0 atom stereocenters. The van der Waals surface area contributed by atoms with Crippen LogP contribution in [-0.2, 0) is 0 Å². The highest BCUT2D eigenvalue weighted by Crippen LogP contribution is 2.36. The van der Waals surface area contributed by atoms with Gasteiger partial charge in [-0.2, -0.15) is 0 Å². The number of phenols is 1. The first kappa shape index (κ1) is 14.3. The maximum Gasteiger partial charge on any atom is 0.151 e. The summed E-state index contributed by atoms with van der Waals surface area (Å²) in [5.41, 5.74) is 1.95. The Morgan fingerprint density at radius 2 is 1.56 bits per heavy atom. The molecule has 4 nitrogen and oxygen atoms in total. The van der Waals surface area contributed by atoms with Crippen LogP contribution in [0.25, 0.3) is 38.3 Å². The second-order valence-corrected chi connectivity index (χ2v) is 6.38. The number of benzene rings is 4. The van der Waals surface area contributed by atoms with Crippen molar-refractivity contribution < 1.29 is 5.11 Å². The molecule has 0 amide bonds. The fraction of sp³-hybridized carbons (Fsp3) is 0. The van der Waals surface area contributed by atoms with Gasteiger partial charge >= 0.3 is 0 Å². The largest absolute Gasteiger partial charge is 0.505 e. The van der Waals surface area contributed by atoms with Crippen molar-refractivity contribution in [3.8, 4) is 11.4 Å². The van der Waals surface area contributed by atoms with Crippen molar-refractivity contribution in [2.75, 3.05) is 0 Å². The van der Waals surface area contributed by atoms with Gasteiger partial charge in [-0.1, -0.05) is 54.1 Å². The average Bonchev–Trinajstić information content (AvgIpc) is 3.04. The Balaban J connectivity index is 1.83. The van der Waals surface area contributed by atoms with E-state index in [1.807, 2.05) is 48.5 Å². The van der Waals surface area contributed by atoms with Gasteiger partial charge in [0, 0.05) is 10.4 Å². The summed E-state index contributed by atoms with van der Waals surface area (Å²) in [5.74, 6) is 0.167. The van der Waals surface area contributed by atoms with Crippen LogP contribution in [0.5, 0.6) is 5.75 Å². The van der Waals surface area contributed by atoms with Crippen LogP contribution < -0.4 is 0 Å². The van der Waals surface area contributed by atoms with Crippen molar-refractivity contribution in [3.63, 3.8) is 0 Å². The van der Waals surface area contributed by atoms with Gasteiger partial charge in [0.05, 0.1) is 0 Å². The molecule has 1 aromatic heterocycles. The van der Waals surface area contributed by atoms with Gasteiger partial charge in [-0.3, -0.25) is 0 Å². The molecule has 0 saturated heterocycles. The van der Waals surface area contributed by atoms with E-state index in [9.17, 15) is 5.11 Å². The van der Waals surface area contributed by atoms with E-state index in [1.165, 1.54) is 4.80 Å². The van der Waals surface area contributed by atoms with Crippen molar-refractivity contribution in [1.82, 2.24) is 15.0 Å². The summed E-state index contributed by atoms with van der Waals surface area (Å²) in [6.45, 7) is 0. The molecule has 0 spiro atoms. The van der Waals surface area contributed by atoms with Gasteiger partial charge in [0.2, 0.25) is 0 Å². The number of nitrogens with zero attached hydrogens (tertiary/aromatic N) is 3. The Bertz CT molecular complexity index is 1280. The van der Waals surface area contributed by atoms with E-state index in [-0.39, 0.29) is 5.75 Å². The number of phenolic OH excluding ortho intramolecular Hbond substituents is 1. The molecule has 0 saturated carbocycles. The van der Waals surface area contributed by atoms with Gasteiger partial charge in [-0.15, -0.1) is 15.0 Å². The molecule has 0 bridgehead atoms. The van der Waals surface area contributed by atoms with Gasteiger partial charge < -0.3 is 5.11 Å². The molecular formula is C20H12ClN3O. The third-order valence-electron chi connectivity index (χ3n) is 4.42. The van der Waals surface area contributed by atoms with E-state index in [0.717, 1.165) is 27.1 Å². The van der Waals surface area contributed by atoms with Crippen LogP contribution in [0, 0.1) is 0 Å². The Morgan fingerprint density at radius 3 is 2.48 bits per heavy atom. The number of aromatic hydroxyl groups is 1. The molecular weight excluding hydrogens is 334 g/mol. The number of aromatic nitrogens is 3. The lowest BCUT2D eigenvalue weighted by Crippen LogP contribution is -1.99. The summed E-state index contributed by atoms with van der Waals surface area (Å²) in [4.78, 5) is 1.46. The maximum absolute atomic E-state index is 11.0. The van der Waals surface area contributed by atoms with Crippen LogP contribution in [0.15, 0.2) is 66.7 Å². The summed E-state index contributed by atoms with van der Waals surface area (Å²) < 4.78 is 0. The fourth-order valence-corrected chi connectivity index (χ4v) is 3.39. The van der Waals surface area contributed by atoms with Crippen LogP contribution in [0.4, 0.5) is 0 Å². The molecule has 0 fully saturated rings. The van der Waals surface area contributed by atoms with Crippen LogP contribution in [0.3, 0.4) is 0 Å². The third kappa shape index (κ3) is 2.15. The summed E-state index contributed by atoms with van der Waals surface area (Å²) in [6, 6.07) is 21.2. The molecule has 120 valence electrons. The Labute approximate surface area is 147 Å². The van der Waals surface area contributed by atoms with Crippen LogP contribution in [0.2, 0.25) is 5.02 Å². The van der Waals surface area contributed by atoms with Gasteiger partial charge in [0.25, 0.3) is 0 Å². The summed E-state index contributed by atoms with van der Waals surface area (Å²) in [5, 5.41) is 24.3. The third-order valence-corrected chi connectivity index (χ3v) is 4.65. The number of hydrogen-bond acceptors (Lipinski definition) is 3. The van der Waals surface area contributed by atoms with Crippen LogP contribution in [-0.4, -0.2) is 20.1 Å². The molecule has 0 aliphatic carbocycles. The van der Waals surface area contributed by atoms with Gasteiger partial charge in [-0.05, 0) is 40.4 Å². The molecule has 5 rings (SSSR count). The highest BCUT2D eigenvalue weighted by Gasteiger charge is 2.14. The number of rotatable bonds is 1. The predicted octanol–water partition coefficient (Wildman–Crippen LogP) is 5.09. The topological polar surface area (TPSA) is 50.9 Å². The Morgan fingerprint density at radius 1 is 0.800 bits per heavy atom. The van der Waals surface area contributed by atoms with Crippen molar-refractivity contribution in [2.24, 2.45) is 0 Å². The Hall–Kier alpha value is -3.11. The highest BCUT2D eigenvalue weighted by atomic mass is 35.5. The first-order valence-electron chi connectivity index (χ1n) is 7.87. The minimum Gasteiger partial charge on any atom is -0.505 e. The van der Waals surface area contributed by atoms with E-state index in [0.29, 0.717) is 16.2 Å². The predicted molar refractivity (Wildman–Crippen MR) is 101 cm³/mol. The lowest BCUT2D eigenvalue weighted by Gasteiger charge is -2.09. The molecule has 0 aliphatic heterocycles. The Kier molecular flexibility index (Phi) is 2.96. The summed E-state index contributed by atoms with van der Waals surface area (Å²) in [6.07, 6.45) is 0. The second-order valence-electron chi connectivity index (χ2n) is 5.94. The van der Waals surface area contributed by atoms with E-state index >= 15 is 0 Å². The average molecular weight is 346 g/mol. The van der Waals surface area contributed by atoms with Crippen molar-refractivity contribution in [3.05, 3.63) is 71.8 Å². The number of hydrogen-bond donors (Lipinski definition) is 1. The molecule has 1 heterocycles. The lowest BCUT2D eigenvalue weighted by atomic mass is 10.0. The van der Waals surface area contributed by atoms with Crippen LogP contribution >= 0.6 is 11.6 Å². The van der Waals surface area contributed by atoms with E-state index < -0.39 is 0 Å². The summed E-state index contributed by atoms with van der Waals surface area (Å²) >= 11 is 6.02. The van der Waals surface area contributed by atoms with E-state index in [1.54, 1.807) is 12.1 Å². The quantitative estimate of drug-likeness (QED) is 0.431. The monoisotopic (exact) mass is 345 g/mol. The molecule has 1 N–H and O–H groups in total. The molecule has 0 radical (unpaired) electrons. The highest BCUT2D eigenvalue weighted by molar-refractivity contribution is 6.31. The molecule has 25 heavy (non-hydrogen) atoms. The van der Waals surface area contributed by atoms with Gasteiger partial charge in [-0.25, -0.2) is 0 Å². The second kappa shape index (κ2) is 5.19. The SMILES string of the molecule is Oc1c(-n2nc3ccc(Cl)cc3n2)ccc2ccc3ccccc3c12. The van der Waals surface area contributed by atoms with E-state index in [4.69, 9.17) is 11.6 Å². The van der Waals surface area contributed by atoms with Crippen molar-refractivity contribution in [1.29, 1.82) is 0 Å². The first-order valence-corrected chi connectivity index (χ1v) is 8.25. The zero-order chi connectivity index (χ0) is 17.0.